The van der Waals surface area contributed by atoms with Crippen molar-refractivity contribution in [3.05, 3.63) is 29.3 Å². The molecule has 2 heterocycles. The molecule has 6 heteroatoms. The predicted molar refractivity (Wildman–Crippen MR) is 89.3 cm³/mol. The van der Waals surface area contributed by atoms with Crippen molar-refractivity contribution >= 4 is 15.7 Å². The van der Waals surface area contributed by atoms with Crippen molar-refractivity contribution in [3.63, 3.8) is 0 Å². The van der Waals surface area contributed by atoms with Crippen LogP contribution in [0.5, 0.6) is 0 Å². The lowest BCUT2D eigenvalue weighted by Crippen LogP contribution is -2.32. The maximum absolute atomic E-state index is 12.8. The number of hydrogen-bond donors (Lipinski definition) is 1. The first kappa shape index (κ1) is 16.5. The molecular weight excluding hydrogens is 312 g/mol. The highest BCUT2D eigenvalue weighted by Gasteiger charge is 2.31. The molecule has 1 aromatic rings. The van der Waals surface area contributed by atoms with Gasteiger partial charge in [0.15, 0.2) is 9.84 Å². The zero-order chi connectivity index (χ0) is 16.6. The lowest BCUT2D eigenvalue weighted by Gasteiger charge is -2.21. The Balaban J connectivity index is 1.80. The Bertz CT molecular complexity index is 701. The first-order chi connectivity index (χ1) is 10.9. The Morgan fingerprint density at radius 2 is 1.78 bits per heavy atom. The average Bonchev–Trinajstić information content (AvgIpc) is 2.85. The summed E-state index contributed by atoms with van der Waals surface area (Å²) in [4.78, 5) is 14.9. The number of aryl methyl sites for hydroxylation is 1. The van der Waals surface area contributed by atoms with E-state index in [1.54, 1.807) is 19.1 Å². The van der Waals surface area contributed by atoms with Gasteiger partial charge in [-0.2, -0.15) is 0 Å². The SMILES string of the molecule is Cc1ccc(C(=O)N2CC[C@@H]3CNC[C@@H]3CC2)cc1S(C)(=O)=O. The lowest BCUT2D eigenvalue weighted by molar-refractivity contribution is 0.0758. The Hall–Kier alpha value is -1.40. The average molecular weight is 336 g/mol. The summed E-state index contributed by atoms with van der Waals surface area (Å²) < 4.78 is 23.7. The van der Waals surface area contributed by atoms with Gasteiger partial charge in [-0.3, -0.25) is 4.79 Å². The second-order valence-corrected chi connectivity index (χ2v) is 8.78. The highest BCUT2D eigenvalue weighted by atomic mass is 32.2. The molecule has 2 fully saturated rings. The molecule has 2 aliphatic heterocycles. The maximum Gasteiger partial charge on any atom is 0.253 e. The number of hydrogen-bond acceptors (Lipinski definition) is 4. The first-order valence-corrected chi connectivity index (χ1v) is 10.1. The minimum Gasteiger partial charge on any atom is -0.339 e. The number of benzene rings is 1. The summed E-state index contributed by atoms with van der Waals surface area (Å²) >= 11 is 0. The van der Waals surface area contributed by atoms with E-state index >= 15 is 0 Å². The standard InChI is InChI=1S/C17H24N2O3S/c1-12-3-4-13(9-16(12)23(2,21)22)17(20)19-7-5-14-10-18-11-15(14)6-8-19/h3-4,9,14-15,18H,5-8,10-11H2,1-2H3/t14-,15+. The van der Waals surface area contributed by atoms with E-state index in [4.69, 9.17) is 0 Å². The van der Waals surface area contributed by atoms with Gasteiger partial charge < -0.3 is 10.2 Å². The van der Waals surface area contributed by atoms with Crippen molar-refractivity contribution in [1.82, 2.24) is 10.2 Å². The third-order valence-corrected chi connectivity index (χ3v) is 6.38. The molecule has 0 radical (unpaired) electrons. The topological polar surface area (TPSA) is 66.5 Å². The predicted octanol–water partition coefficient (Wildman–Crippen LogP) is 1.47. The second kappa shape index (κ2) is 6.24. The minimum absolute atomic E-state index is 0.0529. The van der Waals surface area contributed by atoms with Crippen LogP contribution in [-0.2, 0) is 9.84 Å². The van der Waals surface area contributed by atoms with E-state index in [-0.39, 0.29) is 10.8 Å². The molecular formula is C17H24N2O3S. The normalized spacial score (nSPS) is 25.0. The molecule has 3 rings (SSSR count). The molecule has 0 aliphatic carbocycles. The number of rotatable bonds is 2. The van der Waals surface area contributed by atoms with Crippen LogP contribution in [0, 0.1) is 18.8 Å². The number of nitrogens with zero attached hydrogens (tertiary/aromatic N) is 1. The molecule has 23 heavy (non-hydrogen) atoms. The van der Waals surface area contributed by atoms with E-state index in [0.717, 1.165) is 39.0 Å². The summed E-state index contributed by atoms with van der Waals surface area (Å²) in [5, 5.41) is 3.43. The minimum atomic E-state index is -3.32. The molecule has 2 atom stereocenters. The Labute approximate surface area is 138 Å². The fourth-order valence-electron chi connectivity index (χ4n) is 3.74. The molecule has 0 unspecified atom stereocenters. The molecule has 0 spiro atoms. The van der Waals surface area contributed by atoms with Crippen LogP contribution >= 0.6 is 0 Å². The largest absolute Gasteiger partial charge is 0.339 e. The van der Waals surface area contributed by atoms with Crippen molar-refractivity contribution in [2.75, 3.05) is 32.4 Å². The van der Waals surface area contributed by atoms with E-state index in [1.165, 1.54) is 12.3 Å². The van der Waals surface area contributed by atoms with Gasteiger partial charge in [0.1, 0.15) is 0 Å². The monoisotopic (exact) mass is 336 g/mol. The first-order valence-electron chi connectivity index (χ1n) is 8.17. The van der Waals surface area contributed by atoms with Crippen molar-refractivity contribution in [2.45, 2.75) is 24.7 Å². The van der Waals surface area contributed by atoms with Crippen LogP contribution in [0.1, 0.15) is 28.8 Å². The number of carbonyl (C=O) groups is 1. The maximum atomic E-state index is 12.8. The summed E-state index contributed by atoms with van der Waals surface area (Å²) in [6, 6.07) is 4.99. The summed E-state index contributed by atoms with van der Waals surface area (Å²) in [5.41, 5.74) is 1.15. The van der Waals surface area contributed by atoms with Crippen LogP contribution < -0.4 is 5.32 Å². The second-order valence-electron chi connectivity index (χ2n) is 6.80. The van der Waals surface area contributed by atoms with E-state index in [2.05, 4.69) is 5.32 Å². The number of nitrogens with one attached hydrogen (secondary N) is 1. The van der Waals surface area contributed by atoms with Gasteiger partial charge in [-0.1, -0.05) is 6.07 Å². The number of carbonyl (C=O) groups excluding carboxylic acids is 1. The Morgan fingerprint density at radius 1 is 1.17 bits per heavy atom. The van der Waals surface area contributed by atoms with E-state index in [9.17, 15) is 13.2 Å². The van der Waals surface area contributed by atoms with Gasteiger partial charge >= 0.3 is 0 Å². The van der Waals surface area contributed by atoms with Gasteiger partial charge in [-0.15, -0.1) is 0 Å². The quantitative estimate of drug-likeness (QED) is 0.888. The van der Waals surface area contributed by atoms with Crippen LogP contribution in [0.3, 0.4) is 0 Å². The summed E-state index contributed by atoms with van der Waals surface area (Å²) in [5.74, 6) is 1.28. The third kappa shape index (κ3) is 3.43. The van der Waals surface area contributed by atoms with Gasteiger partial charge in [0, 0.05) is 24.9 Å². The van der Waals surface area contributed by atoms with Crippen LogP contribution in [0.25, 0.3) is 0 Å². The zero-order valence-corrected chi connectivity index (χ0v) is 14.5. The molecule has 1 amide bonds. The van der Waals surface area contributed by atoms with Gasteiger partial charge in [-0.05, 0) is 62.4 Å². The molecule has 0 saturated carbocycles. The number of sulfone groups is 1. The van der Waals surface area contributed by atoms with Crippen molar-refractivity contribution in [3.8, 4) is 0 Å². The molecule has 2 aliphatic rings. The molecule has 0 aromatic heterocycles. The molecule has 1 aromatic carbocycles. The summed E-state index contributed by atoms with van der Waals surface area (Å²) in [6.45, 7) is 5.36. The fraction of sp³-hybridized carbons (Fsp3) is 0.588. The van der Waals surface area contributed by atoms with E-state index in [1.807, 2.05) is 4.90 Å². The molecule has 1 N–H and O–H groups in total. The highest BCUT2D eigenvalue weighted by molar-refractivity contribution is 7.90. The zero-order valence-electron chi connectivity index (χ0n) is 13.7. The van der Waals surface area contributed by atoms with Crippen molar-refractivity contribution < 1.29 is 13.2 Å². The van der Waals surface area contributed by atoms with Crippen LogP contribution in [0.15, 0.2) is 23.1 Å². The van der Waals surface area contributed by atoms with Gasteiger partial charge in [0.25, 0.3) is 5.91 Å². The van der Waals surface area contributed by atoms with Crippen molar-refractivity contribution in [1.29, 1.82) is 0 Å². The van der Waals surface area contributed by atoms with Gasteiger partial charge in [0.05, 0.1) is 4.90 Å². The Morgan fingerprint density at radius 3 is 2.35 bits per heavy atom. The van der Waals surface area contributed by atoms with Crippen LogP contribution in [0.4, 0.5) is 0 Å². The van der Waals surface area contributed by atoms with Crippen LogP contribution in [-0.4, -0.2) is 51.7 Å². The molecule has 126 valence electrons. The number of amides is 1. The third-order valence-electron chi connectivity index (χ3n) is 5.14. The summed E-state index contributed by atoms with van der Waals surface area (Å²) in [6.07, 6.45) is 3.23. The molecule has 2 saturated heterocycles. The summed E-state index contributed by atoms with van der Waals surface area (Å²) in [7, 11) is -3.32. The fourth-order valence-corrected chi connectivity index (χ4v) is 4.73. The highest BCUT2D eigenvalue weighted by Crippen LogP contribution is 2.28. The van der Waals surface area contributed by atoms with E-state index in [0.29, 0.717) is 23.0 Å². The Kier molecular flexibility index (Phi) is 4.47. The molecule has 0 bridgehead atoms. The number of likely N-dealkylation sites (tertiary alicyclic amines) is 1. The molecule has 5 nitrogen and oxygen atoms in total. The van der Waals surface area contributed by atoms with Crippen LogP contribution in [0.2, 0.25) is 0 Å². The lowest BCUT2D eigenvalue weighted by atomic mass is 9.92. The van der Waals surface area contributed by atoms with Gasteiger partial charge in [0.2, 0.25) is 0 Å². The smallest absolute Gasteiger partial charge is 0.253 e. The van der Waals surface area contributed by atoms with Gasteiger partial charge in [-0.25, -0.2) is 8.42 Å². The number of fused-ring (bicyclic) bond motifs is 1. The van der Waals surface area contributed by atoms with Crippen molar-refractivity contribution in [2.24, 2.45) is 11.8 Å². The van der Waals surface area contributed by atoms with E-state index < -0.39 is 9.84 Å².